The first-order valence-corrected chi connectivity index (χ1v) is 10.8. The highest BCUT2D eigenvalue weighted by molar-refractivity contribution is 5.93. The fraction of sp³-hybridized carbons (Fsp3) is 0.292. The predicted octanol–water partition coefficient (Wildman–Crippen LogP) is 4.74. The third-order valence-electron chi connectivity index (χ3n) is 5.42. The third kappa shape index (κ3) is 4.84. The number of hydrogen-bond acceptors (Lipinski definition) is 10. The van der Waals surface area contributed by atoms with E-state index < -0.39 is 18.0 Å². The van der Waals surface area contributed by atoms with Crippen LogP contribution in [0.5, 0.6) is 23.1 Å². The second-order valence-corrected chi connectivity index (χ2v) is 8.01. The molecule has 0 atom stereocenters. The number of nitrogens with one attached hydrogen (secondary N) is 1. The minimum Gasteiger partial charge on any atom is -0.493 e. The summed E-state index contributed by atoms with van der Waals surface area (Å²) in [7, 11) is 4.41. The van der Waals surface area contributed by atoms with E-state index in [1.165, 1.54) is 27.4 Å². The van der Waals surface area contributed by atoms with E-state index in [-0.39, 0.29) is 17.3 Å². The van der Waals surface area contributed by atoms with E-state index in [4.69, 9.17) is 14.2 Å². The van der Waals surface area contributed by atoms with Gasteiger partial charge in [0.15, 0.2) is 11.5 Å². The molecule has 0 spiro atoms. The standard InChI is InChI=1S/C24H22F3N5O5/c1-10-7-11(2)17-13(8-10)20(37-21(33)24(25,26)27)31-23(30-17)32-22-28-12(3)16-14(29-22)9-15(34-4)18(35-5)19(16)36-6/h7-9H,1-6H3,(H,28,29,30,31,32). The van der Waals surface area contributed by atoms with Gasteiger partial charge in [0.2, 0.25) is 23.5 Å². The number of aromatic nitrogens is 4. The summed E-state index contributed by atoms with van der Waals surface area (Å²) in [5, 5.41) is 3.51. The van der Waals surface area contributed by atoms with E-state index in [1.807, 2.05) is 0 Å². The lowest BCUT2D eigenvalue weighted by atomic mass is 10.1. The number of ether oxygens (including phenoxy) is 4. The molecule has 0 unspecified atom stereocenters. The highest BCUT2D eigenvalue weighted by Gasteiger charge is 2.42. The van der Waals surface area contributed by atoms with Gasteiger partial charge >= 0.3 is 12.1 Å². The molecule has 0 radical (unpaired) electrons. The molecule has 0 fully saturated rings. The first-order chi connectivity index (χ1) is 17.5. The molecule has 4 aromatic rings. The number of fused-ring (bicyclic) bond motifs is 2. The summed E-state index contributed by atoms with van der Waals surface area (Å²) in [6, 6.07) is 4.95. The van der Waals surface area contributed by atoms with E-state index in [2.05, 4.69) is 30.0 Å². The largest absolute Gasteiger partial charge is 0.493 e. The lowest BCUT2D eigenvalue weighted by Crippen LogP contribution is -2.28. The second kappa shape index (κ2) is 9.56. The molecule has 1 N–H and O–H groups in total. The maximum absolute atomic E-state index is 12.9. The van der Waals surface area contributed by atoms with Crippen molar-refractivity contribution in [1.29, 1.82) is 0 Å². The minimum atomic E-state index is -5.21. The van der Waals surface area contributed by atoms with Gasteiger partial charge < -0.3 is 18.9 Å². The van der Waals surface area contributed by atoms with Crippen LogP contribution in [-0.4, -0.2) is 53.4 Å². The average Bonchev–Trinajstić information content (AvgIpc) is 2.82. The van der Waals surface area contributed by atoms with Gasteiger partial charge in [-0.3, -0.25) is 5.32 Å². The van der Waals surface area contributed by atoms with Crippen molar-refractivity contribution in [2.75, 3.05) is 26.6 Å². The number of carbonyl (C=O) groups is 1. The summed E-state index contributed by atoms with van der Waals surface area (Å²) >= 11 is 0. The lowest BCUT2D eigenvalue weighted by molar-refractivity contribution is -0.189. The molecule has 13 heteroatoms. The summed E-state index contributed by atoms with van der Waals surface area (Å²) in [6.07, 6.45) is -5.21. The summed E-state index contributed by atoms with van der Waals surface area (Å²) < 4.78 is 59.7. The highest BCUT2D eigenvalue weighted by atomic mass is 19.4. The van der Waals surface area contributed by atoms with Crippen LogP contribution in [0.15, 0.2) is 18.2 Å². The molecule has 194 valence electrons. The molecule has 37 heavy (non-hydrogen) atoms. The highest BCUT2D eigenvalue weighted by Crippen LogP contribution is 2.44. The number of halogens is 3. The van der Waals surface area contributed by atoms with Crippen LogP contribution >= 0.6 is 0 Å². The van der Waals surface area contributed by atoms with Crippen molar-refractivity contribution in [3.05, 3.63) is 35.0 Å². The van der Waals surface area contributed by atoms with Gasteiger partial charge in [-0.05, 0) is 38.0 Å². The number of alkyl halides is 3. The van der Waals surface area contributed by atoms with Crippen molar-refractivity contribution >= 4 is 39.7 Å². The van der Waals surface area contributed by atoms with Crippen molar-refractivity contribution in [2.45, 2.75) is 26.9 Å². The molecule has 2 heterocycles. The van der Waals surface area contributed by atoms with Gasteiger partial charge in [-0.2, -0.15) is 18.2 Å². The Morgan fingerprint density at radius 2 is 1.54 bits per heavy atom. The minimum absolute atomic E-state index is 0.0384. The molecular weight excluding hydrogens is 495 g/mol. The van der Waals surface area contributed by atoms with E-state index in [1.54, 1.807) is 32.9 Å². The van der Waals surface area contributed by atoms with Gasteiger partial charge in [-0.1, -0.05) is 6.07 Å². The molecule has 0 amide bonds. The zero-order valence-corrected chi connectivity index (χ0v) is 20.7. The zero-order valence-electron chi connectivity index (χ0n) is 20.7. The van der Waals surface area contributed by atoms with Gasteiger partial charge in [-0.15, -0.1) is 0 Å². The second-order valence-electron chi connectivity index (χ2n) is 8.01. The van der Waals surface area contributed by atoms with Crippen molar-refractivity contribution in [1.82, 2.24) is 19.9 Å². The topological polar surface area (TPSA) is 118 Å². The number of methoxy groups -OCH3 is 3. The van der Waals surface area contributed by atoms with Crippen molar-refractivity contribution in [3.63, 3.8) is 0 Å². The van der Waals surface area contributed by atoms with Gasteiger partial charge in [0.25, 0.3) is 0 Å². The zero-order chi connectivity index (χ0) is 27.1. The molecule has 10 nitrogen and oxygen atoms in total. The van der Waals surface area contributed by atoms with E-state index in [9.17, 15) is 18.0 Å². The number of anilines is 2. The van der Waals surface area contributed by atoms with Gasteiger partial charge in [0, 0.05) is 6.07 Å². The third-order valence-corrected chi connectivity index (χ3v) is 5.42. The Labute approximate surface area is 208 Å². The molecule has 0 saturated heterocycles. The van der Waals surface area contributed by atoms with Crippen molar-refractivity contribution in [2.24, 2.45) is 0 Å². The summed E-state index contributed by atoms with van der Waals surface area (Å²) in [4.78, 5) is 28.9. The maximum atomic E-state index is 12.9. The van der Waals surface area contributed by atoms with Crippen LogP contribution in [0.3, 0.4) is 0 Å². The summed E-state index contributed by atoms with van der Waals surface area (Å²) in [5.74, 6) is -1.98. The Balaban J connectivity index is 1.85. The molecule has 0 bridgehead atoms. The number of carbonyl (C=O) groups excluding carboxylic acids is 1. The lowest BCUT2D eigenvalue weighted by Gasteiger charge is -2.16. The van der Waals surface area contributed by atoms with Crippen LogP contribution in [0.1, 0.15) is 16.8 Å². The molecule has 0 saturated carbocycles. The SMILES string of the molecule is COc1cc2nc(Nc3nc(OC(=O)C(F)(F)F)c4cc(C)cc(C)c4n3)nc(C)c2c(OC)c1OC. The van der Waals surface area contributed by atoms with Gasteiger partial charge in [0.05, 0.1) is 48.8 Å². The summed E-state index contributed by atoms with van der Waals surface area (Å²) in [6.45, 7) is 5.19. The molecule has 4 rings (SSSR count). The van der Waals surface area contributed by atoms with Crippen molar-refractivity contribution in [3.8, 4) is 23.1 Å². The van der Waals surface area contributed by atoms with Crippen LogP contribution in [0.2, 0.25) is 0 Å². The Morgan fingerprint density at radius 3 is 2.16 bits per heavy atom. The number of hydrogen-bond donors (Lipinski definition) is 1. The molecule has 0 aliphatic rings. The number of aryl methyl sites for hydroxylation is 3. The molecule has 2 aromatic carbocycles. The average molecular weight is 517 g/mol. The number of esters is 1. The Kier molecular flexibility index (Phi) is 6.63. The first-order valence-electron chi connectivity index (χ1n) is 10.8. The first kappa shape index (κ1) is 25.7. The summed E-state index contributed by atoms with van der Waals surface area (Å²) in [5.41, 5.74) is 2.59. The predicted molar refractivity (Wildman–Crippen MR) is 128 cm³/mol. The fourth-order valence-electron chi connectivity index (χ4n) is 3.93. The van der Waals surface area contributed by atoms with Crippen molar-refractivity contribution < 1.29 is 36.9 Å². The van der Waals surface area contributed by atoms with Crippen LogP contribution in [-0.2, 0) is 4.79 Å². The smallest absolute Gasteiger partial charge is 0.491 e. The number of nitrogens with zero attached hydrogens (tertiary/aromatic N) is 4. The number of rotatable bonds is 6. The molecular formula is C24H22F3N5O5. The Morgan fingerprint density at radius 1 is 0.865 bits per heavy atom. The quantitative estimate of drug-likeness (QED) is 0.360. The number of benzene rings is 2. The van der Waals surface area contributed by atoms with E-state index >= 15 is 0 Å². The van der Waals surface area contributed by atoms with Gasteiger partial charge in [-0.25, -0.2) is 19.7 Å². The van der Waals surface area contributed by atoms with E-state index in [0.29, 0.717) is 44.9 Å². The van der Waals surface area contributed by atoms with Crippen LogP contribution in [0.25, 0.3) is 21.8 Å². The Bertz CT molecular complexity index is 1540. The van der Waals surface area contributed by atoms with Crippen LogP contribution in [0, 0.1) is 20.8 Å². The maximum Gasteiger partial charge on any atom is 0.491 e. The van der Waals surface area contributed by atoms with Gasteiger partial charge in [0.1, 0.15) is 0 Å². The molecule has 0 aliphatic heterocycles. The normalized spacial score (nSPS) is 11.5. The van der Waals surface area contributed by atoms with E-state index in [0.717, 1.165) is 5.56 Å². The van der Waals surface area contributed by atoms with Crippen LogP contribution in [0.4, 0.5) is 25.1 Å². The fourth-order valence-corrected chi connectivity index (χ4v) is 3.93. The van der Waals surface area contributed by atoms with Crippen LogP contribution < -0.4 is 24.3 Å². The molecule has 2 aromatic heterocycles. The Hall–Kier alpha value is -4.42. The monoisotopic (exact) mass is 517 g/mol. The molecule has 0 aliphatic carbocycles.